The van der Waals surface area contributed by atoms with Gasteiger partial charge >= 0.3 is 0 Å². The van der Waals surface area contributed by atoms with Crippen molar-refractivity contribution in [3.8, 4) is 17.2 Å². The largest absolute Gasteiger partial charge is 0.493 e. The number of hydrogen-bond acceptors (Lipinski definition) is 6. The van der Waals surface area contributed by atoms with Crippen LogP contribution in [0.15, 0.2) is 42.5 Å². The average molecular weight is 415 g/mol. The van der Waals surface area contributed by atoms with Crippen LogP contribution in [0.5, 0.6) is 11.5 Å². The van der Waals surface area contributed by atoms with E-state index in [1.807, 2.05) is 49.4 Å². The number of aromatic nitrogens is 4. The maximum absolute atomic E-state index is 8.79. The van der Waals surface area contributed by atoms with Crippen LogP contribution in [-0.2, 0) is 13.2 Å². The number of tetrazole rings is 1. The number of ether oxygens (including phenoxy) is 2. The third-order valence-corrected chi connectivity index (χ3v) is 4.69. The number of methoxy groups -OCH3 is 1. The summed E-state index contributed by atoms with van der Waals surface area (Å²) >= 11 is 0. The lowest BCUT2D eigenvalue weighted by Crippen LogP contribution is -2.94. The van der Waals surface area contributed by atoms with E-state index in [1.54, 1.807) is 11.8 Å². The van der Waals surface area contributed by atoms with Crippen molar-refractivity contribution in [3.63, 3.8) is 0 Å². The maximum atomic E-state index is 8.79. The van der Waals surface area contributed by atoms with E-state index >= 15 is 0 Å². The van der Waals surface area contributed by atoms with Crippen molar-refractivity contribution >= 4 is 0 Å². The van der Waals surface area contributed by atoms with Crippen molar-refractivity contribution in [1.29, 1.82) is 0 Å². The summed E-state index contributed by atoms with van der Waals surface area (Å²) in [6.07, 6.45) is 0. The number of hydrogen-bond donors (Lipinski definition) is 3. The minimum absolute atomic E-state index is 0.218. The van der Waals surface area contributed by atoms with Crippen LogP contribution in [0.3, 0.4) is 0 Å². The van der Waals surface area contributed by atoms with Gasteiger partial charge in [0, 0.05) is 5.56 Å². The first kappa shape index (κ1) is 21.7. The molecule has 30 heavy (non-hydrogen) atoms. The van der Waals surface area contributed by atoms with E-state index in [1.165, 1.54) is 5.56 Å². The molecule has 0 aliphatic rings. The smallest absolute Gasteiger partial charge is 0.194 e. The van der Waals surface area contributed by atoms with Crippen LogP contribution < -0.4 is 20.1 Å². The second-order valence-corrected chi connectivity index (χ2v) is 6.99. The number of rotatable bonds is 12. The van der Waals surface area contributed by atoms with Gasteiger partial charge in [-0.1, -0.05) is 17.7 Å². The number of benzene rings is 2. The van der Waals surface area contributed by atoms with E-state index in [0.717, 1.165) is 37.4 Å². The minimum Gasteiger partial charge on any atom is -0.493 e. The zero-order valence-corrected chi connectivity index (χ0v) is 17.5. The van der Waals surface area contributed by atoms with Gasteiger partial charge in [-0.3, -0.25) is 0 Å². The Morgan fingerprint density at radius 1 is 1.00 bits per heavy atom. The molecular formula is C21H30N6O3+2. The Kier molecular flexibility index (Phi) is 8.13. The normalized spacial score (nSPS) is 10.9. The van der Waals surface area contributed by atoms with Gasteiger partial charge in [0.15, 0.2) is 23.9 Å². The molecule has 0 atom stereocenters. The molecule has 5 N–H and O–H groups in total. The molecule has 3 aromatic rings. The highest BCUT2D eigenvalue weighted by molar-refractivity contribution is 5.43. The molecule has 0 fully saturated rings. The highest BCUT2D eigenvalue weighted by Crippen LogP contribution is 2.28. The number of aliphatic hydroxyl groups is 1. The lowest BCUT2D eigenvalue weighted by atomic mass is 10.2. The fourth-order valence-corrected chi connectivity index (χ4v) is 3.02. The summed E-state index contributed by atoms with van der Waals surface area (Å²) in [6, 6.07) is 13.9. The molecule has 0 saturated heterocycles. The van der Waals surface area contributed by atoms with E-state index in [2.05, 4.69) is 26.2 Å². The predicted molar refractivity (Wildman–Crippen MR) is 110 cm³/mol. The molecule has 9 heteroatoms. The maximum Gasteiger partial charge on any atom is 0.194 e. The van der Waals surface area contributed by atoms with Crippen molar-refractivity contribution in [2.24, 2.45) is 0 Å². The van der Waals surface area contributed by atoms with Gasteiger partial charge in [-0.05, 0) is 47.7 Å². The van der Waals surface area contributed by atoms with Gasteiger partial charge < -0.3 is 25.2 Å². The van der Waals surface area contributed by atoms with Crippen LogP contribution in [-0.4, -0.2) is 58.7 Å². The van der Waals surface area contributed by atoms with Crippen LogP contribution in [0, 0.1) is 6.92 Å². The first-order valence-electron chi connectivity index (χ1n) is 10.1. The topological polar surface area (TPSA) is 116 Å². The Bertz CT molecular complexity index is 913. The number of aryl methyl sites for hydroxylation is 1. The quantitative estimate of drug-likeness (QED) is 0.334. The number of nitrogens with zero attached hydrogens (tertiary/aromatic N) is 4. The van der Waals surface area contributed by atoms with Crippen molar-refractivity contribution in [2.45, 2.75) is 20.1 Å². The number of aliphatic hydroxyl groups excluding tert-OH is 1. The Morgan fingerprint density at radius 3 is 2.57 bits per heavy atom. The third-order valence-electron chi connectivity index (χ3n) is 4.69. The lowest BCUT2D eigenvalue weighted by Gasteiger charge is -2.12. The first-order chi connectivity index (χ1) is 14.7. The van der Waals surface area contributed by atoms with E-state index in [0.29, 0.717) is 17.3 Å². The monoisotopic (exact) mass is 414 g/mol. The van der Waals surface area contributed by atoms with E-state index in [4.69, 9.17) is 14.6 Å². The van der Waals surface area contributed by atoms with E-state index in [9.17, 15) is 0 Å². The van der Waals surface area contributed by atoms with Crippen LogP contribution in [0.4, 0.5) is 0 Å². The zero-order valence-electron chi connectivity index (χ0n) is 17.5. The van der Waals surface area contributed by atoms with Crippen LogP contribution in [0.2, 0.25) is 0 Å². The van der Waals surface area contributed by atoms with Crippen LogP contribution >= 0.6 is 0 Å². The Morgan fingerprint density at radius 2 is 1.80 bits per heavy atom. The molecule has 0 aliphatic carbocycles. The predicted octanol–water partition coefficient (Wildman–Crippen LogP) is -0.823. The van der Waals surface area contributed by atoms with Gasteiger partial charge in [-0.2, -0.15) is 4.68 Å². The second-order valence-electron chi connectivity index (χ2n) is 6.99. The van der Waals surface area contributed by atoms with E-state index in [-0.39, 0.29) is 13.2 Å². The van der Waals surface area contributed by atoms with Crippen molar-refractivity contribution in [2.75, 3.05) is 33.4 Å². The van der Waals surface area contributed by atoms with Gasteiger partial charge in [-0.25, -0.2) is 0 Å². The fraction of sp³-hybridized carbons (Fsp3) is 0.381. The van der Waals surface area contributed by atoms with Gasteiger partial charge in [-0.15, -0.1) is 5.10 Å². The van der Waals surface area contributed by atoms with E-state index < -0.39 is 0 Å². The molecule has 0 radical (unpaired) electrons. The molecular weight excluding hydrogens is 384 g/mol. The molecule has 1 aromatic heterocycles. The summed E-state index contributed by atoms with van der Waals surface area (Å²) in [4.78, 5) is 0. The Balaban J connectivity index is 1.58. The standard InChI is InChI=1S/C21H28N6O3/c1-16-3-6-18(7-4-16)27-21(24-25-26-27)15-30-19-8-5-17(13-20(19)29-2)14-23-10-9-22-11-12-28/h3-8,13,22-23,28H,9-12,14-15H2,1-2H3/p+2. The van der Waals surface area contributed by atoms with Crippen LogP contribution in [0.1, 0.15) is 17.0 Å². The summed E-state index contributed by atoms with van der Waals surface area (Å²) in [7, 11) is 1.63. The molecule has 160 valence electrons. The lowest BCUT2D eigenvalue weighted by molar-refractivity contribution is -0.731. The number of quaternary nitrogens is 2. The van der Waals surface area contributed by atoms with Gasteiger partial charge in [0.25, 0.3) is 0 Å². The summed E-state index contributed by atoms with van der Waals surface area (Å²) in [6.45, 7) is 6.06. The van der Waals surface area contributed by atoms with Gasteiger partial charge in [0.2, 0.25) is 0 Å². The SMILES string of the molecule is COc1cc(C[NH2+]CC[NH2+]CCO)ccc1OCc1nnnn1-c1ccc(C)cc1. The average Bonchev–Trinajstić information content (AvgIpc) is 3.24. The molecule has 0 unspecified atom stereocenters. The third kappa shape index (κ3) is 5.99. The molecule has 0 aliphatic heterocycles. The Hall–Kier alpha value is -3.01. The minimum atomic E-state index is 0.218. The zero-order chi connectivity index (χ0) is 21.2. The molecule has 2 aromatic carbocycles. The van der Waals surface area contributed by atoms with Crippen molar-refractivity contribution in [3.05, 3.63) is 59.4 Å². The highest BCUT2D eigenvalue weighted by atomic mass is 16.5. The molecule has 3 rings (SSSR count). The molecule has 0 saturated carbocycles. The van der Waals surface area contributed by atoms with Crippen LogP contribution in [0.25, 0.3) is 5.69 Å². The highest BCUT2D eigenvalue weighted by Gasteiger charge is 2.12. The summed E-state index contributed by atoms with van der Waals surface area (Å²) in [5.41, 5.74) is 3.22. The molecule has 0 amide bonds. The molecule has 9 nitrogen and oxygen atoms in total. The van der Waals surface area contributed by atoms with Crippen molar-refractivity contribution < 1.29 is 25.2 Å². The molecule has 1 heterocycles. The van der Waals surface area contributed by atoms with Gasteiger partial charge in [0.1, 0.15) is 19.6 Å². The van der Waals surface area contributed by atoms with Gasteiger partial charge in [0.05, 0.1) is 25.9 Å². The number of nitrogens with two attached hydrogens (primary N) is 2. The summed E-state index contributed by atoms with van der Waals surface area (Å²) < 4.78 is 13.1. The fourth-order valence-electron chi connectivity index (χ4n) is 3.02. The summed E-state index contributed by atoms with van der Waals surface area (Å²) in [5.74, 6) is 1.94. The molecule has 0 spiro atoms. The van der Waals surface area contributed by atoms with Crippen molar-refractivity contribution in [1.82, 2.24) is 20.2 Å². The Labute approximate surface area is 176 Å². The first-order valence-corrected chi connectivity index (χ1v) is 10.1. The molecule has 0 bridgehead atoms. The second kappa shape index (κ2) is 11.2. The summed E-state index contributed by atoms with van der Waals surface area (Å²) in [5, 5.41) is 25.1.